The van der Waals surface area contributed by atoms with Gasteiger partial charge in [0.05, 0.1) is 18.2 Å². The highest BCUT2D eigenvalue weighted by molar-refractivity contribution is 6.32. The summed E-state index contributed by atoms with van der Waals surface area (Å²) in [4.78, 5) is 0. The van der Waals surface area contributed by atoms with Crippen LogP contribution >= 0.6 is 11.6 Å². The van der Waals surface area contributed by atoms with Crippen molar-refractivity contribution in [3.05, 3.63) is 28.8 Å². The third-order valence-corrected chi connectivity index (χ3v) is 3.43. The van der Waals surface area contributed by atoms with Gasteiger partial charge in [0.15, 0.2) is 0 Å². The maximum atomic E-state index is 10.1. The van der Waals surface area contributed by atoms with E-state index < -0.39 is 0 Å². The molecule has 0 aliphatic heterocycles. The molecule has 0 amide bonds. The van der Waals surface area contributed by atoms with Gasteiger partial charge in [0.1, 0.15) is 5.75 Å². The lowest BCUT2D eigenvalue weighted by molar-refractivity contribution is 0.0619. The van der Waals surface area contributed by atoms with E-state index in [-0.39, 0.29) is 6.10 Å². The van der Waals surface area contributed by atoms with E-state index in [0.717, 1.165) is 18.4 Å². The van der Waals surface area contributed by atoms with Crippen LogP contribution in [-0.2, 0) is 0 Å². The van der Waals surface area contributed by atoms with Crippen molar-refractivity contribution in [2.24, 2.45) is 5.92 Å². The molecule has 0 bridgehead atoms. The number of ether oxygens (including phenoxy) is 1. The molecule has 2 nitrogen and oxygen atoms in total. The zero-order chi connectivity index (χ0) is 10.8. The first kappa shape index (κ1) is 10.8. The Kier molecular flexibility index (Phi) is 3.17. The van der Waals surface area contributed by atoms with Crippen LogP contribution in [0.4, 0.5) is 0 Å². The lowest BCUT2D eigenvalue weighted by Gasteiger charge is -2.30. The van der Waals surface area contributed by atoms with Crippen molar-refractivity contribution in [3.63, 3.8) is 0 Å². The molecule has 0 saturated heterocycles. The van der Waals surface area contributed by atoms with Crippen LogP contribution in [-0.4, -0.2) is 12.2 Å². The predicted molar refractivity (Wildman–Crippen MR) is 60.3 cm³/mol. The third kappa shape index (κ3) is 2.11. The standard InChI is InChI=1S/C12H15ClO2/c1-15-11-7-9(5-6-10(11)13)12(14)8-3-2-4-8/h5-8,12,14H,2-4H2,1H3. The first-order chi connectivity index (χ1) is 7.22. The Morgan fingerprint density at radius 1 is 1.47 bits per heavy atom. The molecule has 0 aromatic heterocycles. The van der Waals surface area contributed by atoms with Gasteiger partial charge < -0.3 is 9.84 Å². The fourth-order valence-corrected chi connectivity index (χ4v) is 2.08. The SMILES string of the molecule is COc1cc(C(O)C2CCC2)ccc1Cl. The maximum Gasteiger partial charge on any atom is 0.137 e. The van der Waals surface area contributed by atoms with Crippen LogP contribution in [0.5, 0.6) is 5.75 Å². The van der Waals surface area contributed by atoms with Crippen molar-refractivity contribution < 1.29 is 9.84 Å². The first-order valence-corrected chi connectivity index (χ1v) is 5.61. The van der Waals surface area contributed by atoms with E-state index >= 15 is 0 Å². The van der Waals surface area contributed by atoms with Crippen LogP contribution in [0.1, 0.15) is 30.9 Å². The smallest absolute Gasteiger partial charge is 0.137 e. The quantitative estimate of drug-likeness (QED) is 0.858. The molecule has 1 unspecified atom stereocenters. The van der Waals surface area contributed by atoms with Gasteiger partial charge in [-0.05, 0) is 36.5 Å². The number of halogens is 1. The largest absolute Gasteiger partial charge is 0.495 e. The molecule has 0 spiro atoms. The van der Waals surface area contributed by atoms with Crippen LogP contribution in [0.2, 0.25) is 5.02 Å². The maximum absolute atomic E-state index is 10.1. The summed E-state index contributed by atoms with van der Waals surface area (Å²) in [6.07, 6.45) is 3.09. The highest BCUT2D eigenvalue weighted by atomic mass is 35.5. The fourth-order valence-electron chi connectivity index (χ4n) is 1.89. The van der Waals surface area contributed by atoms with Gasteiger partial charge in [-0.3, -0.25) is 0 Å². The molecule has 15 heavy (non-hydrogen) atoms. The number of benzene rings is 1. The lowest BCUT2D eigenvalue weighted by Crippen LogP contribution is -2.19. The molecule has 1 aliphatic rings. The Bertz CT molecular complexity index is 347. The molecule has 0 radical (unpaired) electrons. The van der Waals surface area contributed by atoms with E-state index in [1.807, 2.05) is 12.1 Å². The summed E-state index contributed by atoms with van der Waals surface area (Å²) < 4.78 is 5.12. The summed E-state index contributed by atoms with van der Waals surface area (Å²) in [6, 6.07) is 5.47. The van der Waals surface area contributed by atoms with E-state index in [0.29, 0.717) is 16.7 Å². The molecule has 1 aliphatic carbocycles. The Balaban J connectivity index is 2.20. The number of aliphatic hydroxyl groups excluding tert-OH is 1. The van der Waals surface area contributed by atoms with Gasteiger partial charge in [0, 0.05) is 0 Å². The van der Waals surface area contributed by atoms with Crippen LogP contribution in [0.25, 0.3) is 0 Å². The third-order valence-electron chi connectivity index (χ3n) is 3.11. The van der Waals surface area contributed by atoms with Crippen LogP contribution < -0.4 is 4.74 Å². The second-order valence-corrected chi connectivity index (χ2v) is 4.44. The Labute approximate surface area is 94.8 Å². The molecule has 1 aromatic rings. The molecule has 0 heterocycles. The van der Waals surface area contributed by atoms with Gasteiger partial charge >= 0.3 is 0 Å². The highest BCUT2D eigenvalue weighted by Crippen LogP contribution is 2.39. The molecule has 3 heteroatoms. The normalized spacial score (nSPS) is 18.3. The number of hydrogen-bond donors (Lipinski definition) is 1. The highest BCUT2D eigenvalue weighted by Gasteiger charge is 2.27. The molecule has 1 atom stereocenters. The second-order valence-electron chi connectivity index (χ2n) is 4.03. The monoisotopic (exact) mass is 226 g/mol. The number of rotatable bonds is 3. The minimum Gasteiger partial charge on any atom is -0.495 e. The zero-order valence-electron chi connectivity index (χ0n) is 8.74. The Morgan fingerprint density at radius 3 is 2.73 bits per heavy atom. The summed E-state index contributed by atoms with van der Waals surface area (Å²) in [5, 5.41) is 10.6. The van der Waals surface area contributed by atoms with Crippen molar-refractivity contribution >= 4 is 11.6 Å². The van der Waals surface area contributed by atoms with E-state index in [1.54, 1.807) is 13.2 Å². The Hall–Kier alpha value is -0.730. The van der Waals surface area contributed by atoms with Gasteiger partial charge in [-0.15, -0.1) is 0 Å². The van der Waals surface area contributed by atoms with Crippen LogP contribution in [0.15, 0.2) is 18.2 Å². The number of hydrogen-bond acceptors (Lipinski definition) is 2. The summed E-state index contributed by atoms with van der Waals surface area (Å²) in [5.74, 6) is 1.04. The van der Waals surface area contributed by atoms with Crippen molar-refractivity contribution in [1.29, 1.82) is 0 Å². The van der Waals surface area contributed by atoms with Crippen LogP contribution in [0, 0.1) is 5.92 Å². The summed E-state index contributed by atoms with van der Waals surface area (Å²) in [7, 11) is 1.58. The Morgan fingerprint density at radius 2 is 2.20 bits per heavy atom. The number of aliphatic hydroxyl groups is 1. The van der Waals surface area contributed by atoms with Gasteiger partial charge in [0.25, 0.3) is 0 Å². The summed E-state index contributed by atoms with van der Waals surface area (Å²) in [5.41, 5.74) is 0.904. The summed E-state index contributed by atoms with van der Waals surface area (Å²) >= 11 is 5.92. The van der Waals surface area contributed by atoms with E-state index in [4.69, 9.17) is 16.3 Å². The van der Waals surface area contributed by atoms with Gasteiger partial charge in [-0.1, -0.05) is 24.1 Å². The topological polar surface area (TPSA) is 29.5 Å². The van der Waals surface area contributed by atoms with Gasteiger partial charge in [-0.25, -0.2) is 0 Å². The number of methoxy groups -OCH3 is 1. The first-order valence-electron chi connectivity index (χ1n) is 5.24. The van der Waals surface area contributed by atoms with Crippen molar-refractivity contribution in [2.75, 3.05) is 7.11 Å². The molecular formula is C12H15ClO2. The summed E-state index contributed by atoms with van der Waals surface area (Å²) in [6.45, 7) is 0. The molecule has 1 saturated carbocycles. The molecular weight excluding hydrogens is 212 g/mol. The average molecular weight is 227 g/mol. The van der Waals surface area contributed by atoms with Crippen LogP contribution in [0.3, 0.4) is 0 Å². The van der Waals surface area contributed by atoms with Gasteiger partial charge in [0.2, 0.25) is 0 Å². The molecule has 82 valence electrons. The minimum atomic E-state index is -0.370. The van der Waals surface area contributed by atoms with Crippen molar-refractivity contribution in [2.45, 2.75) is 25.4 Å². The van der Waals surface area contributed by atoms with E-state index in [2.05, 4.69) is 0 Å². The fraction of sp³-hybridized carbons (Fsp3) is 0.500. The van der Waals surface area contributed by atoms with Crippen molar-refractivity contribution in [1.82, 2.24) is 0 Å². The molecule has 2 rings (SSSR count). The van der Waals surface area contributed by atoms with E-state index in [1.165, 1.54) is 6.42 Å². The van der Waals surface area contributed by atoms with Crippen molar-refractivity contribution in [3.8, 4) is 5.75 Å². The predicted octanol–water partition coefficient (Wildman–Crippen LogP) is 3.18. The lowest BCUT2D eigenvalue weighted by atomic mass is 9.79. The van der Waals surface area contributed by atoms with E-state index in [9.17, 15) is 5.11 Å². The zero-order valence-corrected chi connectivity index (χ0v) is 9.50. The molecule has 1 N–H and O–H groups in total. The molecule has 1 aromatic carbocycles. The minimum absolute atomic E-state index is 0.370. The van der Waals surface area contributed by atoms with Gasteiger partial charge in [-0.2, -0.15) is 0 Å². The average Bonchev–Trinajstić information content (AvgIpc) is 2.15. The molecule has 1 fully saturated rings. The second kappa shape index (κ2) is 4.42.